The topological polar surface area (TPSA) is 173 Å². The van der Waals surface area contributed by atoms with E-state index in [0.717, 1.165) is 11.5 Å². The van der Waals surface area contributed by atoms with E-state index in [1.807, 2.05) is 6.07 Å². The molecular weight excluding hydrogens is 482 g/mol. The summed E-state index contributed by atoms with van der Waals surface area (Å²) in [5.74, 6) is -2.21. The lowest BCUT2D eigenvalue weighted by Crippen LogP contribution is -2.71. The van der Waals surface area contributed by atoms with Crippen molar-refractivity contribution in [2.45, 2.75) is 18.3 Å². The molecule has 4 rings (SSSR count). The van der Waals surface area contributed by atoms with Crippen molar-refractivity contribution in [3.05, 3.63) is 53.3 Å². The van der Waals surface area contributed by atoms with Crippen molar-refractivity contribution in [3.8, 4) is 0 Å². The van der Waals surface area contributed by atoms with Crippen molar-refractivity contribution in [2.75, 3.05) is 18.1 Å². The first-order chi connectivity index (χ1) is 16.4. The molecular formula is C20H19N7O5S2. The molecule has 2 aromatic rings. The number of hydrogen-bond donors (Lipinski definition) is 3. The van der Waals surface area contributed by atoms with Crippen LogP contribution in [0, 0.1) is 0 Å². The van der Waals surface area contributed by atoms with Gasteiger partial charge in [0.2, 0.25) is 11.5 Å². The molecule has 0 spiro atoms. The van der Waals surface area contributed by atoms with Crippen molar-refractivity contribution in [2.24, 2.45) is 5.16 Å². The van der Waals surface area contributed by atoms with Crippen LogP contribution in [-0.2, 0) is 19.2 Å². The summed E-state index contributed by atoms with van der Waals surface area (Å²) in [6.45, 7) is 1.89. The number of nitrogens with two attached hydrogens (primary N) is 1. The molecule has 4 N–H and O–H groups in total. The van der Waals surface area contributed by atoms with Gasteiger partial charge in [-0.3, -0.25) is 19.5 Å². The number of amides is 2. The molecule has 0 aliphatic carbocycles. The Morgan fingerprint density at radius 3 is 2.88 bits per heavy atom. The summed E-state index contributed by atoms with van der Waals surface area (Å²) in [4.78, 5) is 52.0. The van der Waals surface area contributed by atoms with Crippen molar-refractivity contribution in [1.82, 2.24) is 24.6 Å². The number of oxime groups is 1. The van der Waals surface area contributed by atoms with Crippen LogP contribution in [0.25, 0.3) is 6.08 Å². The number of carbonyl (C=O) groups excluding carboxylic acids is 2. The second-order valence-electron chi connectivity index (χ2n) is 6.94. The highest BCUT2D eigenvalue weighted by molar-refractivity contribution is 8.00. The van der Waals surface area contributed by atoms with Gasteiger partial charge in [-0.15, -0.1) is 11.8 Å². The minimum absolute atomic E-state index is 0.0264. The third kappa shape index (κ3) is 4.63. The van der Waals surface area contributed by atoms with Gasteiger partial charge in [0.25, 0.3) is 11.8 Å². The fraction of sp³-hybridized carbons (Fsp3) is 0.250. The van der Waals surface area contributed by atoms with Crippen LogP contribution in [0.2, 0.25) is 0 Å². The van der Waals surface area contributed by atoms with Crippen molar-refractivity contribution >= 4 is 58.0 Å². The molecule has 2 aromatic heterocycles. The van der Waals surface area contributed by atoms with E-state index in [1.54, 1.807) is 37.4 Å². The highest BCUT2D eigenvalue weighted by atomic mass is 32.2. The monoisotopic (exact) mass is 501 g/mol. The molecule has 14 heteroatoms. The molecule has 0 bridgehead atoms. The summed E-state index contributed by atoms with van der Waals surface area (Å²) in [5.41, 5.74) is 6.37. The van der Waals surface area contributed by atoms with Crippen LogP contribution >= 0.6 is 23.3 Å². The zero-order valence-corrected chi connectivity index (χ0v) is 19.4. The van der Waals surface area contributed by atoms with Gasteiger partial charge in [-0.25, -0.2) is 4.79 Å². The number of carboxylic acids is 1. The third-order valence-corrected chi connectivity index (χ3v) is 6.63. The van der Waals surface area contributed by atoms with Gasteiger partial charge in [0.15, 0.2) is 5.13 Å². The first kappa shape index (κ1) is 23.4. The summed E-state index contributed by atoms with van der Waals surface area (Å²) < 4.78 is 3.97. The molecule has 34 heavy (non-hydrogen) atoms. The van der Waals surface area contributed by atoms with E-state index in [4.69, 9.17) is 10.6 Å². The second-order valence-corrected chi connectivity index (χ2v) is 8.83. The Balaban J connectivity index is 1.53. The van der Waals surface area contributed by atoms with Gasteiger partial charge in [-0.2, -0.15) is 9.36 Å². The number of anilines is 1. The van der Waals surface area contributed by atoms with Gasteiger partial charge in [0, 0.05) is 23.5 Å². The summed E-state index contributed by atoms with van der Waals surface area (Å²) in [5, 5.41) is 15.7. The Morgan fingerprint density at radius 2 is 2.24 bits per heavy atom. The fourth-order valence-electron chi connectivity index (χ4n) is 3.29. The number of β-lactam (4-membered cyclic amide) rings is 1. The summed E-state index contributed by atoms with van der Waals surface area (Å²) in [6, 6.07) is 4.42. The van der Waals surface area contributed by atoms with Crippen LogP contribution in [0.4, 0.5) is 5.13 Å². The van der Waals surface area contributed by atoms with Crippen LogP contribution < -0.4 is 11.1 Å². The molecule has 1 saturated heterocycles. The number of nitrogen functional groups attached to an aromatic ring is 1. The summed E-state index contributed by atoms with van der Waals surface area (Å²) >= 11 is 2.22. The Morgan fingerprint density at radius 1 is 1.41 bits per heavy atom. The normalized spacial score (nSPS) is 20.2. The lowest BCUT2D eigenvalue weighted by Gasteiger charge is -2.49. The first-order valence-electron chi connectivity index (χ1n) is 10.0. The third-order valence-electron chi connectivity index (χ3n) is 4.78. The Labute approximate surface area is 201 Å². The van der Waals surface area contributed by atoms with E-state index < -0.39 is 29.2 Å². The standard InChI is InChI=1S/C20H19N7O5S2/c1-2-32-25-12(15-24-20(21)34-26-15)16(28)23-13-17(29)27-14(19(30)31)10(9-33-18(13)27)6-7-11-5-3-4-8-22-11/h3-8,13,18H,2,9H2,1H3,(H,23,28)(H,30,31)(H2,21,24,26)/b7-6+,25-12-/t13?,18-/m1/s1. The summed E-state index contributed by atoms with van der Waals surface area (Å²) in [7, 11) is 0. The van der Waals surface area contributed by atoms with Crippen LogP contribution in [0.3, 0.4) is 0 Å². The number of rotatable bonds is 8. The van der Waals surface area contributed by atoms with Gasteiger partial charge in [-0.05, 0) is 30.7 Å². The lowest BCUT2D eigenvalue weighted by atomic mass is 10.0. The number of aliphatic carboxylic acids is 1. The average molecular weight is 502 g/mol. The van der Waals surface area contributed by atoms with E-state index in [-0.39, 0.29) is 29.0 Å². The number of carbonyl (C=O) groups is 3. The fourth-order valence-corrected chi connectivity index (χ4v) is 5.04. The minimum atomic E-state index is -1.23. The maximum Gasteiger partial charge on any atom is 0.352 e. The number of nitrogens with zero attached hydrogens (tertiary/aromatic N) is 5. The Bertz CT molecular complexity index is 1210. The minimum Gasteiger partial charge on any atom is -0.477 e. The summed E-state index contributed by atoms with van der Waals surface area (Å²) in [6.07, 6.45) is 4.95. The quantitative estimate of drug-likeness (QED) is 0.265. The molecule has 4 heterocycles. The molecule has 0 aromatic carbocycles. The largest absolute Gasteiger partial charge is 0.477 e. The molecule has 2 aliphatic rings. The van der Waals surface area contributed by atoms with E-state index in [9.17, 15) is 19.5 Å². The number of carboxylic acid groups (broad SMARTS) is 1. The molecule has 1 fully saturated rings. The predicted molar refractivity (Wildman–Crippen MR) is 125 cm³/mol. The maximum absolute atomic E-state index is 12.9. The number of thioether (sulfide) groups is 1. The van der Waals surface area contributed by atoms with Gasteiger partial charge in [0.1, 0.15) is 23.7 Å². The molecule has 12 nitrogen and oxygen atoms in total. The predicted octanol–water partition coefficient (Wildman–Crippen LogP) is 0.708. The zero-order valence-electron chi connectivity index (χ0n) is 17.7. The number of pyridine rings is 1. The number of aromatic nitrogens is 3. The van der Waals surface area contributed by atoms with E-state index in [1.165, 1.54) is 16.7 Å². The molecule has 1 unspecified atom stereocenters. The number of hydrogen-bond acceptors (Lipinski definition) is 11. The van der Waals surface area contributed by atoms with Crippen molar-refractivity contribution in [1.29, 1.82) is 0 Å². The lowest BCUT2D eigenvalue weighted by molar-refractivity contribution is -0.150. The van der Waals surface area contributed by atoms with E-state index >= 15 is 0 Å². The molecule has 2 atom stereocenters. The van der Waals surface area contributed by atoms with Crippen molar-refractivity contribution < 1.29 is 24.3 Å². The Kier molecular flexibility index (Phi) is 6.88. The average Bonchev–Trinajstić information content (AvgIpc) is 3.27. The van der Waals surface area contributed by atoms with Gasteiger partial charge < -0.3 is 21.0 Å². The highest BCUT2D eigenvalue weighted by Crippen LogP contribution is 2.40. The number of allylic oxidation sites excluding steroid dienone is 1. The van der Waals surface area contributed by atoms with Crippen LogP contribution in [-0.4, -0.2) is 71.6 Å². The van der Waals surface area contributed by atoms with Gasteiger partial charge in [0.05, 0.1) is 5.69 Å². The SMILES string of the molecule is CCO/N=C(\C(=O)NC1C(=O)N2C(C(=O)O)=C(/C=C/c3ccccn3)CS[C@H]12)c1nsc(N)n1. The van der Waals surface area contributed by atoms with E-state index in [2.05, 4.69) is 24.8 Å². The smallest absolute Gasteiger partial charge is 0.352 e. The highest BCUT2D eigenvalue weighted by Gasteiger charge is 2.54. The molecule has 176 valence electrons. The van der Waals surface area contributed by atoms with Crippen LogP contribution in [0.15, 0.2) is 46.9 Å². The number of fused-ring (bicyclic) bond motifs is 1. The zero-order chi connectivity index (χ0) is 24.2. The molecule has 0 radical (unpaired) electrons. The van der Waals surface area contributed by atoms with Crippen molar-refractivity contribution in [3.63, 3.8) is 0 Å². The maximum atomic E-state index is 12.9. The van der Waals surface area contributed by atoms with Gasteiger partial charge >= 0.3 is 5.97 Å². The number of nitrogens with one attached hydrogen (secondary N) is 1. The van der Waals surface area contributed by atoms with Crippen LogP contribution in [0.5, 0.6) is 0 Å². The Hall–Kier alpha value is -3.78. The van der Waals surface area contributed by atoms with Gasteiger partial charge in [-0.1, -0.05) is 17.3 Å². The molecule has 0 saturated carbocycles. The van der Waals surface area contributed by atoms with E-state index in [0.29, 0.717) is 17.0 Å². The van der Waals surface area contributed by atoms with Crippen LogP contribution in [0.1, 0.15) is 18.4 Å². The molecule has 2 amide bonds. The first-order valence-corrected chi connectivity index (χ1v) is 11.8. The molecule has 2 aliphatic heterocycles. The second kappa shape index (κ2) is 10.0.